The predicted molar refractivity (Wildman–Crippen MR) is 110 cm³/mol. The van der Waals surface area contributed by atoms with Crippen LogP contribution >= 0.6 is 23.4 Å². The van der Waals surface area contributed by atoms with E-state index < -0.39 is 17.5 Å². The van der Waals surface area contributed by atoms with Crippen molar-refractivity contribution in [2.24, 2.45) is 0 Å². The van der Waals surface area contributed by atoms with E-state index in [4.69, 9.17) is 11.6 Å². The zero-order valence-corrected chi connectivity index (χ0v) is 17.3. The zero-order valence-electron chi connectivity index (χ0n) is 15.7. The number of nitrogens with one attached hydrogen (secondary N) is 1. The van der Waals surface area contributed by atoms with E-state index in [1.54, 1.807) is 36.3 Å². The first-order chi connectivity index (χ1) is 12.7. The predicted octanol–water partition coefficient (Wildman–Crippen LogP) is 4.64. The second kappa shape index (κ2) is 7.52. The monoisotopic (exact) mass is 403 g/mol. The lowest BCUT2D eigenvalue weighted by Gasteiger charge is -2.30. The molecule has 1 N–H and O–H groups in total. The third-order valence-corrected chi connectivity index (χ3v) is 6.13. The molecule has 1 aromatic heterocycles. The number of benzene rings is 1. The number of hydrogen-bond acceptors (Lipinski definition) is 4. The minimum atomic E-state index is -0.670. The van der Waals surface area contributed by atoms with Crippen LogP contribution < -0.4 is 10.2 Å². The second-order valence-electron chi connectivity index (χ2n) is 7.30. The molecule has 3 amide bonds. The Morgan fingerprint density at radius 1 is 1.19 bits per heavy atom. The van der Waals surface area contributed by atoms with Crippen molar-refractivity contribution in [2.75, 3.05) is 4.90 Å². The number of aromatic nitrogens is 1. The molecule has 1 aliphatic rings. The van der Waals surface area contributed by atoms with E-state index in [0.717, 1.165) is 10.5 Å². The Kier molecular flexibility index (Phi) is 5.49. The van der Waals surface area contributed by atoms with Crippen LogP contribution in [0.4, 0.5) is 10.5 Å². The molecule has 5 nitrogen and oxygen atoms in total. The fraction of sp³-hybridized carbons (Fsp3) is 0.350. The molecule has 27 heavy (non-hydrogen) atoms. The number of thioether (sulfide) groups is 1. The number of rotatable bonds is 5. The summed E-state index contributed by atoms with van der Waals surface area (Å²) >= 11 is 8.01. The number of anilines is 1. The molecule has 0 radical (unpaired) electrons. The van der Waals surface area contributed by atoms with Crippen LogP contribution in [0.25, 0.3) is 0 Å². The van der Waals surface area contributed by atoms with Crippen LogP contribution in [0.5, 0.6) is 0 Å². The van der Waals surface area contributed by atoms with Gasteiger partial charge in [0.05, 0.1) is 10.7 Å². The summed E-state index contributed by atoms with van der Waals surface area (Å²) in [5.74, 6) is -0.290. The van der Waals surface area contributed by atoms with Crippen LogP contribution in [0.3, 0.4) is 0 Å². The smallest absolute Gasteiger partial charge is 0.325 e. The van der Waals surface area contributed by atoms with Crippen molar-refractivity contribution >= 4 is 41.0 Å². The number of halogens is 1. The molecule has 1 aromatic carbocycles. The number of pyridine rings is 1. The molecule has 1 saturated heterocycles. The van der Waals surface area contributed by atoms with Crippen molar-refractivity contribution in [3.8, 4) is 0 Å². The van der Waals surface area contributed by atoms with Gasteiger partial charge >= 0.3 is 6.03 Å². The lowest BCUT2D eigenvalue weighted by atomic mass is 9.78. The minimum absolute atomic E-state index is 0.290. The first-order valence-electron chi connectivity index (χ1n) is 8.73. The molecule has 0 bridgehead atoms. The number of urea groups is 1. The van der Waals surface area contributed by atoms with Gasteiger partial charge in [-0.25, -0.2) is 9.69 Å². The highest BCUT2D eigenvalue weighted by atomic mass is 35.5. The number of imide groups is 1. The van der Waals surface area contributed by atoms with E-state index in [1.165, 1.54) is 4.90 Å². The molecule has 1 atom stereocenters. The molecule has 0 saturated carbocycles. The SMILES string of the molecule is CC(C)Sc1ccc(N2C(=O)NC(C(C)(C)c3ccncc3)C2=O)cc1Cl. The Bertz CT molecular complexity index is 871. The molecule has 2 aromatic rings. The number of carbonyl (C=O) groups is 2. The van der Waals surface area contributed by atoms with E-state index in [-0.39, 0.29) is 5.91 Å². The quantitative estimate of drug-likeness (QED) is 0.583. The number of nitrogens with zero attached hydrogens (tertiary/aromatic N) is 2. The molecule has 1 fully saturated rings. The van der Waals surface area contributed by atoms with Crippen molar-refractivity contribution in [1.29, 1.82) is 0 Å². The Hall–Kier alpha value is -2.05. The third-order valence-electron chi connectivity index (χ3n) is 4.62. The summed E-state index contributed by atoms with van der Waals surface area (Å²) in [4.78, 5) is 31.8. The summed E-state index contributed by atoms with van der Waals surface area (Å²) in [6.45, 7) is 8.03. The first-order valence-corrected chi connectivity index (χ1v) is 9.98. The average Bonchev–Trinajstić information content (AvgIpc) is 2.92. The summed E-state index contributed by atoms with van der Waals surface area (Å²) in [6.07, 6.45) is 3.36. The van der Waals surface area contributed by atoms with Gasteiger partial charge in [0, 0.05) is 28.0 Å². The maximum absolute atomic E-state index is 13.1. The standard InChI is InChI=1S/C20H22ClN3O2S/c1-12(2)27-16-6-5-14(11-15(16)21)24-18(25)17(23-19(24)26)20(3,4)13-7-9-22-10-8-13/h5-12,17H,1-4H3,(H,23,26). The summed E-state index contributed by atoms with van der Waals surface area (Å²) in [5, 5.41) is 3.74. The first kappa shape index (κ1) is 19.7. The lowest BCUT2D eigenvalue weighted by molar-refractivity contribution is -0.119. The van der Waals surface area contributed by atoms with Gasteiger partial charge in [-0.1, -0.05) is 39.3 Å². The molecular formula is C20H22ClN3O2S. The van der Waals surface area contributed by atoms with Gasteiger partial charge in [-0.05, 0) is 35.9 Å². The molecule has 142 valence electrons. The van der Waals surface area contributed by atoms with Gasteiger partial charge in [-0.2, -0.15) is 0 Å². The van der Waals surface area contributed by atoms with E-state index >= 15 is 0 Å². The largest absolute Gasteiger partial charge is 0.329 e. The molecular weight excluding hydrogens is 382 g/mol. The van der Waals surface area contributed by atoms with Crippen molar-refractivity contribution < 1.29 is 9.59 Å². The van der Waals surface area contributed by atoms with Gasteiger partial charge in [0.25, 0.3) is 5.91 Å². The lowest BCUT2D eigenvalue weighted by Crippen LogP contribution is -2.46. The highest BCUT2D eigenvalue weighted by Gasteiger charge is 2.47. The average molecular weight is 404 g/mol. The second-order valence-corrected chi connectivity index (χ2v) is 9.32. The van der Waals surface area contributed by atoms with Gasteiger partial charge in [0.15, 0.2) is 0 Å². The Balaban J connectivity index is 1.90. The molecule has 7 heteroatoms. The molecule has 0 spiro atoms. The van der Waals surface area contributed by atoms with Gasteiger partial charge < -0.3 is 5.32 Å². The maximum atomic E-state index is 13.1. The van der Waals surface area contributed by atoms with Crippen LogP contribution in [0.15, 0.2) is 47.6 Å². The zero-order chi connectivity index (χ0) is 19.8. The van der Waals surface area contributed by atoms with E-state index in [9.17, 15) is 9.59 Å². The summed E-state index contributed by atoms with van der Waals surface area (Å²) in [7, 11) is 0. The van der Waals surface area contributed by atoms with Gasteiger partial charge in [-0.15, -0.1) is 11.8 Å². The fourth-order valence-corrected chi connectivity index (χ4v) is 4.27. The minimum Gasteiger partial charge on any atom is -0.325 e. The third kappa shape index (κ3) is 3.82. The van der Waals surface area contributed by atoms with Crippen molar-refractivity contribution in [2.45, 2.75) is 49.3 Å². The van der Waals surface area contributed by atoms with Crippen LogP contribution in [0.2, 0.25) is 5.02 Å². The van der Waals surface area contributed by atoms with Crippen molar-refractivity contribution in [3.63, 3.8) is 0 Å². The van der Waals surface area contributed by atoms with Crippen LogP contribution in [-0.2, 0) is 10.2 Å². The summed E-state index contributed by atoms with van der Waals surface area (Å²) in [5.41, 5.74) is 0.824. The van der Waals surface area contributed by atoms with Crippen LogP contribution in [0.1, 0.15) is 33.3 Å². The topological polar surface area (TPSA) is 62.3 Å². The summed E-state index contributed by atoms with van der Waals surface area (Å²) < 4.78 is 0. The Morgan fingerprint density at radius 2 is 1.85 bits per heavy atom. The maximum Gasteiger partial charge on any atom is 0.329 e. The number of amides is 3. The Labute approximate surface area is 168 Å². The Morgan fingerprint density at radius 3 is 2.44 bits per heavy atom. The van der Waals surface area contributed by atoms with Crippen LogP contribution in [0, 0.1) is 0 Å². The number of hydrogen-bond donors (Lipinski definition) is 1. The van der Waals surface area contributed by atoms with Crippen molar-refractivity contribution in [1.82, 2.24) is 10.3 Å². The van der Waals surface area contributed by atoms with E-state index in [2.05, 4.69) is 24.1 Å². The fourth-order valence-electron chi connectivity index (χ4n) is 3.14. The normalized spacial score (nSPS) is 17.6. The van der Waals surface area contributed by atoms with E-state index in [0.29, 0.717) is 16.0 Å². The molecule has 2 heterocycles. The summed E-state index contributed by atoms with van der Waals surface area (Å²) in [6, 6.07) is 7.89. The van der Waals surface area contributed by atoms with Crippen molar-refractivity contribution in [3.05, 3.63) is 53.3 Å². The highest BCUT2D eigenvalue weighted by Crippen LogP contribution is 2.36. The van der Waals surface area contributed by atoms with Gasteiger partial charge in [0.2, 0.25) is 0 Å². The highest BCUT2D eigenvalue weighted by molar-refractivity contribution is 8.00. The molecule has 3 rings (SSSR count). The molecule has 1 aliphatic heterocycles. The van der Waals surface area contributed by atoms with Gasteiger partial charge in [-0.3, -0.25) is 9.78 Å². The van der Waals surface area contributed by atoms with E-state index in [1.807, 2.05) is 32.0 Å². The molecule has 1 unspecified atom stereocenters. The molecule has 0 aliphatic carbocycles. The van der Waals surface area contributed by atoms with Crippen LogP contribution in [-0.4, -0.2) is 28.2 Å². The van der Waals surface area contributed by atoms with Gasteiger partial charge in [0.1, 0.15) is 6.04 Å². The number of carbonyl (C=O) groups excluding carboxylic acids is 2.